The molecule has 17 heavy (non-hydrogen) atoms. The standard InChI is InChI=1S/C16H21N/c1-3-11-17(12-4-2)16-10-9-14-7-5-6-8-15(14)13-16/h3-8,16H,1-2,9-13H2. The Hall–Kier alpha value is -1.34. The van der Waals surface area contributed by atoms with Crippen LogP contribution >= 0.6 is 0 Å². The summed E-state index contributed by atoms with van der Waals surface area (Å²) in [6.45, 7) is 9.61. The van der Waals surface area contributed by atoms with E-state index in [1.807, 2.05) is 12.2 Å². The zero-order valence-corrected chi connectivity index (χ0v) is 10.4. The molecule has 1 heteroatoms. The topological polar surface area (TPSA) is 3.24 Å². The van der Waals surface area contributed by atoms with Crippen molar-refractivity contribution in [3.05, 3.63) is 60.7 Å². The molecular weight excluding hydrogens is 206 g/mol. The lowest BCUT2D eigenvalue weighted by molar-refractivity contribution is 0.220. The van der Waals surface area contributed by atoms with E-state index < -0.39 is 0 Å². The van der Waals surface area contributed by atoms with Crippen LogP contribution in [0.25, 0.3) is 0 Å². The minimum absolute atomic E-state index is 0.640. The first-order valence-electron chi connectivity index (χ1n) is 6.37. The highest BCUT2D eigenvalue weighted by atomic mass is 15.1. The van der Waals surface area contributed by atoms with Crippen LogP contribution in [0.15, 0.2) is 49.6 Å². The number of benzene rings is 1. The molecule has 1 aliphatic rings. The number of hydrogen-bond donors (Lipinski definition) is 0. The molecule has 2 rings (SSSR count). The van der Waals surface area contributed by atoms with E-state index in [-0.39, 0.29) is 0 Å². The van der Waals surface area contributed by atoms with Gasteiger partial charge in [0.15, 0.2) is 0 Å². The van der Waals surface area contributed by atoms with E-state index in [1.165, 1.54) is 24.0 Å². The lowest BCUT2D eigenvalue weighted by Crippen LogP contribution is -2.39. The van der Waals surface area contributed by atoms with Crippen molar-refractivity contribution >= 4 is 0 Å². The average molecular weight is 227 g/mol. The zero-order chi connectivity index (χ0) is 12.1. The van der Waals surface area contributed by atoms with Crippen molar-refractivity contribution in [3.63, 3.8) is 0 Å². The normalized spacial score (nSPS) is 18.8. The Balaban J connectivity index is 2.09. The highest BCUT2D eigenvalue weighted by Gasteiger charge is 2.22. The lowest BCUT2D eigenvalue weighted by Gasteiger charge is -2.33. The molecule has 0 radical (unpaired) electrons. The second kappa shape index (κ2) is 5.83. The van der Waals surface area contributed by atoms with Gasteiger partial charge in [0, 0.05) is 19.1 Å². The fourth-order valence-corrected chi connectivity index (χ4v) is 2.69. The molecule has 0 aliphatic heterocycles. The van der Waals surface area contributed by atoms with Crippen LogP contribution in [0.3, 0.4) is 0 Å². The van der Waals surface area contributed by atoms with Crippen LogP contribution in [0.5, 0.6) is 0 Å². The summed E-state index contributed by atoms with van der Waals surface area (Å²) in [4.78, 5) is 2.47. The summed E-state index contributed by atoms with van der Waals surface area (Å²) in [6.07, 6.45) is 7.59. The average Bonchev–Trinajstić information content (AvgIpc) is 2.38. The molecule has 1 unspecified atom stereocenters. The molecule has 90 valence electrons. The molecule has 1 aromatic rings. The predicted octanol–water partition coefficient (Wildman–Crippen LogP) is 3.22. The quantitative estimate of drug-likeness (QED) is 0.698. The SMILES string of the molecule is C=CCN(CC=C)C1CCc2ccccc2C1. The van der Waals surface area contributed by atoms with E-state index >= 15 is 0 Å². The Labute approximate surface area is 104 Å². The molecule has 1 atom stereocenters. The monoisotopic (exact) mass is 227 g/mol. The van der Waals surface area contributed by atoms with Crippen LogP contribution in [0.4, 0.5) is 0 Å². The molecule has 0 amide bonds. The van der Waals surface area contributed by atoms with Crippen molar-refractivity contribution in [2.75, 3.05) is 13.1 Å². The molecule has 1 aromatic carbocycles. The molecule has 0 bridgehead atoms. The van der Waals surface area contributed by atoms with Crippen molar-refractivity contribution in [2.45, 2.75) is 25.3 Å². The minimum Gasteiger partial charge on any atom is -0.293 e. The van der Waals surface area contributed by atoms with E-state index in [4.69, 9.17) is 0 Å². The summed E-state index contributed by atoms with van der Waals surface area (Å²) in [7, 11) is 0. The second-order valence-electron chi connectivity index (χ2n) is 4.70. The number of nitrogens with zero attached hydrogens (tertiary/aromatic N) is 1. The Kier molecular flexibility index (Phi) is 4.16. The molecule has 1 aliphatic carbocycles. The van der Waals surface area contributed by atoms with Crippen molar-refractivity contribution in [2.24, 2.45) is 0 Å². The van der Waals surface area contributed by atoms with Gasteiger partial charge in [-0.1, -0.05) is 36.4 Å². The Morgan fingerprint density at radius 3 is 2.41 bits per heavy atom. The Bertz CT molecular complexity index is 384. The van der Waals surface area contributed by atoms with Crippen LogP contribution in [0.2, 0.25) is 0 Å². The van der Waals surface area contributed by atoms with Gasteiger partial charge >= 0.3 is 0 Å². The van der Waals surface area contributed by atoms with Gasteiger partial charge in [0.2, 0.25) is 0 Å². The molecule has 0 saturated carbocycles. The van der Waals surface area contributed by atoms with Gasteiger partial charge in [-0.25, -0.2) is 0 Å². The molecule has 0 spiro atoms. The maximum atomic E-state index is 3.85. The summed E-state index contributed by atoms with van der Waals surface area (Å²) >= 11 is 0. The highest BCUT2D eigenvalue weighted by molar-refractivity contribution is 5.30. The van der Waals surface area contributed by atoms with E-state index in [0.29, 0.717) is 6.04 Å². The molecule has 0 heterocycles. The van der Waals surface area contributed by atoms with Gasteiger partial charge in [0.1, 0.15) is 0 Å². The molecule has 0 aromatic heterocycles. The third-order valence-electron chi connectivity index (χ3n) is 3.56. The number of rotatable bonds is 5. The summed E-state index contributed by atoms with van der Waals surface area (Å²) in [5.74, 6) is 0. The van der Waals surface area contributed by atoms with E-state index in [0.717, 1.165) is 19.5 Å². The maximum absolute atomic E-state index is 3.85. The van der Waals surface area contributed by atoms with Crippen molar-refractivity contribution in [1.82, 2.24) is 4.90 Å². The maximum Gasteiger partial charge on any atom is 0.0166 e. The minimum atomic E-state index is 0.640. The zero-order valence-electron chi connectivity index (χ0n) is 10.4. The van der Waals surface area contributed by atoms with Crippen LogP contribution in [-0.4, -0.2) is 24.0 Å². The number of fused-ring (bicyclic) bond motifs is 1. The Morgan fingerprint density at radius 1 is 1.12 bits per heavy atom. The fourth-order valence-electron chi connectivity index (χ4n) is 2.69. The predicted molar refractivity (Wildman–Crippen MR) is 74.2 cm³/mol. The number of aryl methyl sites for hydroxylation is 1. The first-order chi connectivity index (χ1) is 8.35. The van der Waals surface area contributed by atoms with Gasteiger partial charge in [0.05, 0.1) is 0 Å². The number of hydrogen-bond acceptors (Lipinski definition) is 1. The van der Waals surface area contributed by atoms with E-state index in [1.54, 1.807) is 0 Å². The van der Waals surface area contributed by atoms with E-state index in [9.17, 15) is 0 Å². The van der Waals surface area contributed by atoms with Crippen LogP contribution < -0.4 is 0 Å². The third kappa shape index (κ3) is 2.86. The summed E-state index contributed by atoms with van der Waals surface area (Å²) in [6, 6.07) is 9.45. The smallest absolute Gasteiger partial charge is 0.0166 e. The molecule has 1 nitrogen and oxygen atoms in total. The molecule has 0 fully saturated rings. The summed E-state index contributed by atoms with van der Waals surface area (Å²) in [5, 5.41) is 0. The van der Waals surface area contributed by atoms with Gasteiger partial charge in [-0.3, -0.25) is 4.90 Å². The van der Waals surface area contributed by atoms with Gasteiger partial charge in [-0.2, -0.15) is 0 Å². The first kappa shape index (κ1) is 12.1. The van der Waals surface area contributed by atoms with Gasteiger partial charge in [0.25, 0.3) is 0 Å². The van der Waals surface area contributed by atoms with Gasteiger partial charge in [-0.15, -0.1) is 13.2 Å². The van der Waals surface area contributed by atoms with Crippen LogP contribution in [0, 0.1) is 0 Å². The molecular formula is C16H21N. The third-order valence-corrected chi connectivity index (χ3v) is 3.56. The molecule has 0 N–H and O–H groups in total. The second-order valence-corrected chi connectivity index (χ2v) is 4.70. The van der Waals surface area contributed by atoms with E-state index in [2.05, 4.69) is 42.3 Å². The summed E-state index contributed by atoms with van der Waals surface area (Å²) < 4.78 is 0. The van der Waals surface area contributed by atoms with Gasteiger partial charge < -0.3 is 0 Å². The largest absolute Gasteiger partial charge is 0.293 e. The van der Waals surface area contributed by atoms with Crippen LogP contribution in [0.1, 0.15) is 17.5 Å². The molecule has 0 saturated heterocycles. The first-order valence-corrected chi connectivity index (χ1v) is 6.37. The Morgan fingerprint density at radius 2 is 1.76 bits per heavy atom. The fraction of sp³-hybridized carbons (Fsp3) is 0.375. The van der Waals surface area contributed by atoms with Gasteiger partial charge in [-0.05, 0) is 30.4 Å². The van der Waals surface area contributed by atoms with Crippen molar-refractivity contribution in [3.8, 4) is 0 Å². The highest BCUT2D eigenvalue weighted by Crippen LogP contribution is 2.24. The van der Waals surface area contributed by atoms with Crippen molar-refractivity contribution < 1.29 is 0 Å². The van der Waals surface area contributed by atoms with Crippen LogP contribution in [-0.2, 0) is 12.8 Å². The van der Waals surface area contributed by atoms with Crippen molar-refractivity contribution in [1.29, 1.82) is 0 Å². The summed E-state index contributed by atoms with van der Waals surface area (Å²) in [5.41, 5.74) is 3.04. The lowest BCUT2D eigenvalue weighted by atomic mass is 9.87.